The van der Waals surface area contributed by atoms with Gasteiger partial charge in [0.15, 0.2) is 0 Å². The van der Waals surface area contributed by atoms with Crippen molar-refractivity contribution in [2.24, 2.45) is 82.9 Å². The lowest BCUT2D eigenvalue weighted by Crippen LogP contribution is -2.62. The first kappa shape index (κ1) is 16.0. The highest BCUT2D eigenvalue weighted by Gasteiger charge is 2.84. The minimum Gasteiger partial charge on any atom is -0.387 e. The smallest absolute Gasteiger partial charge is 0.139 e. The van der Waals surface area contributed by atoms with E-state index >= 15 is 0 Å². The third-order valence-electron chi connectivity index (χ3n) is 12.4. The molecule has 0 aliphatic heterocycles. The summed E-state index contributed by atoms with van der Waals surface area (Å²) < 4.78 is 0. The fraction of sp³-hybridized carbons (Fsp3) is 0.917. The number of hydrogen-bond donors (Lipinski definition) is 2. The van der Waals surface area contributed by atoms with E-state index in [0.29, 0.717) is 71.8 Å². The van der Waals surface area contributed by atoms with Crippen LogP contribution in [0.3, 0.4) is 0 Å². The molecule has 2 N–H and O–H groups in total. The third-order valence-corrected chi connectivity index (χ3v) is 12.4. The maximum atomic E-state index is 13.1. The minimum absolute atomic E-state index is 0.0277. The van der Waals surface area contributed by atoms with Crippen LogP contribution in [-0.2, 0) is 9.59 Å². The van der Waals surface area contributed by atoms with Gasteiger partial charge in [-0.25, -0.2) is 0 Å². The molecular formula is C24H30O4. The lowest BCUT2D eigenvalue weighted by molar-refractivity contribution is -0.206. The molecule has 4 unspecified atom stereocenters. The van der Waals surface area contributed by atoms with Crippen LogP contribution in [-0.4, -0.2) is 33.0 Å². The second-order valence-electron chi connectivity index (χ2n) is 12.4. The van der Waals surface area contributed by atoms with Gasteiger partial charge in [0, 0.05) is 35.5 Å². The van der Waals surface area contributed by atoms with Crippen molar-refractivity contribution in [3.8, 4) is 0 Å². The zero-order valence-corrected chi connectivity index (χ0v) is 16.6. The average molecular weight is 383 g/mol. The van der Waals surface area contributed by atoms with Crippen LogP contribution in [0.4, 0.5) is 0 Å². The summed E-state index contributed by atoms with van der Waals surface area (Å²) in [7, 11) is 0. The number of rotatable bonds is 1. The summed E-state index contributed by atoms with van der Waals surface area (Å²) in [5, 5.41) is 24.6. The molecule has 28 heavy (non-hydrogen) atoms. The SMILES string of the molecule is CC1C(=O)[C@@H]2[C@H]3C[C@@H]4[C@@H](CC(O)(C5(O)C[C@H]6[C@@H]7C[C@H]8[C@@H](C(=O)C(C)[C@@H]68)[C@@H]75)[C@H]42)[C@@H]13. The van der Waals surface area contributed by atoms with Crippen LogP contribution >= 0.6 is 0 Å². The molecule has 8 rings (SSSR count). The van der Waals surface area contributed by atoms with Crippen LogP contribution in [0.1, 0.15) is 39.5 Å². The van der Waals surface area contributed by atoms with Crippen molar-refractivity contribution < 1.29 is 19.8 Å². The van der Waals surface area contributed by atoms with Gasteiger partial charge < -0.3 is 10.2 Å². The number of ketones is 2. The van der Waals surface area contributed by atoms with Crippen molar-refractivity contribution >= 4 is 11.6 Å². The highest BCUT2D eigenvalue weighted by molar-refractivity contribution is 5.89. The van der Waals surface area contributed by atoms with Crippen LogP contribution in [0, 0.1) is 82.9 Å². The largest absolute Gasteiger partial charge is 0.387 e. The van der Waals surface area contributed by atoms with Gasteiger partial charge >= 0.3 is 0 Å². The standard InChI is InChI=1S/C24H30O4/c1-7-15-11-3-9-13(15)5-23(27,19(9)17(11)21(7)25)24(28)6-14-10-4-12-16(14)8(2)22(26)18(12)20(10)24/h7-20,27-28H,3-6H2,1-2H3/t7?,8?,9-,10+,11+,12-,13-,14+,15+,16-,17-,18-,19-,20-,23?,24?/m1/s1. The monoisotopic (exact) mass is 382 g/mol. The molecule has 150 valence electrons. The lowest BCUT2D eigenvalue weighted by Gasteiger charge is -2.48. The molecule has 0 aromatic carbocycles. The predicted molar refractivity (Wildman–Crippen MR) is 98.6 cm³/mol. The van der Waals surface area contributed by atoms with Crippen LogP contribution in [0.15, 0.2) is 0 Å². The molecule has 8 aliphatic carbocycles. The Hall–Kier alpha value is -0.740. The lowest BCUT2D eigenvalue weighted by atomic mass is 9.63. The van der Waals surface area contributed by atoms with E-state index in [1.54, 1.807) is 0 Å². The highest BCUT2D eigenvalue weighted by Crippen LogP contribution is 2.80. The summed E-state index contributed by atoms with van der Waals surface area (Å²) in [6.07, 6.45) is 3.52. The van der Waals surface area contributed by atoms with Gasteiger partial charge in [-0.3, -0.25) is 9.59 Å². The summed E-state index contributed by atoms with van der Waals surface area (Å²) in [5.74, 6) is 4.28. The molecule has 0 aromatic heterocycles. The Bertz CT molecular complexity index is 797. The van der Waals surface area contributed by atoms with Crippen LogP contribution in [0.25, 0.3) is 0 Å². The van der Waals surface area contributed by atoms with Crippen molar-refractivity contribution in [1.29, 1.82) is 0 Å². The molecular weight excluding hydrogens is 352 g/mol. The molecule has 8 saturated carbocycles. The molecule has 16 atom stereocenters. The van der Waals surface area contributed by atoms with Crippen LogP contribution in [0.5, 0.6) is 0 Å². The zero-order chi connectivity index (χ0) is 19.1. The maximum Gasteiger partial charge on any atom is 0.139 e. The van der Waals surface area contributed by atoms with Gasteiger partial charge in [-0.1, -0.05) is 13.8 Å². The summed E-state index contributed by atoms with van der Waals surface area (Å²) in [6.45, 7) is 4.21. The van der Waals surface area contributed by atoms with Crippen molar-refractivity contribution in [2.75, 3.05) is 0 Å². The molecule has 0 amide bonds. The summed E-state index contributed by atoms with van der Waals surface area (Å²) in [5.41, 5.74) is -2.29. The van der Waals surface area contributed by atoms with E-state index in [4.69, 9.17) is 0 Å². The third kappa shape index (κ3) is 1.22. The Morgan fingerprint density at radius 3 is 1.46 bits per heavy atom. The highest BCUT2D eigenvalue weighted by atomic mass is 16.4. The first-order valence-electron chi connectivity index (χ1n) is 11.8. The summed E-state index contributed by atoms with van der Waals surface area (Å²) in [6, 6.07) is 0. The van der Waals surface area contributed by atoms with Gasteiger partial charge in [-0.2, -0.15) is 0 Å². The molecule has 0 radical (unpaired) electrons. The van der Waals surface area contributed by atoms with Crippen molar-refractivity contribution in [3.05, 3.63) is 0 Å². The maximum absolute atomic E-state index is 13.1. The van der Waals surface area contributed by atoms with E-state index in [1.165, 1.54) is 0 Å². The van der Waals surface area contributed by atoms with E-state index in [1.807, 2.05) is 0 Å². The van der Waals surface area contributed by atoms with Gasteiger partial charge in [0.25, 0.3) is 0 Å². The number of Topliss-reactive ketones (excluding diaryl/α,β-unsaturated/α-hetero) is 2. The van der Waals surface area contributed by atoms with Gasteiger partial charge in [-0.05, 0) is 73.0 Å². The molecule has 0 heterocycles. The number of carbonyl (C=O) groups excluding carboxylic acids is 2. The molecule has 8 fully saturated rings. The second kappa shape index (κ2) is 4.19. The van der Waals surface area contributed by atoms with E-state index in [9.17, 15) is 19.8 Å². The molecule has 4 heteroatoms. The first-order valence-corrected chi connectivity index (χ1v) is 11.8. The van der Waals surface area contributed by atoms with E-state index in [-0.39, 0.29) is 35.5 Å². The quantitative estimate of drug-likeness (QED) is 0.727. The van der Waals surface area contributed by atoms with Crippen LogP contribution < -0.4 is 0 Å². The molecule has 4 bridgehead atoms. The Morgan fingerprint density at radius 1 is 0.679 bits per heavy atom. The molecule has 0 saturated heterocycles. The molecule has 0 aromatic rings. The summed E-state index contributed by atoms with van der Waals surface area (Å²) >= 11 is 0. The molecule has 8 aliphatic rings. The fourth-order valence-corrected chi connectivity index (χ4v) is 12.2. The van der Waals surface area contributed by atoms with E-state index in [2.05, 4.69) is 13.8 Å². The second-order valence-corrected chi connectivity index (χ2v) is 12.4. The van der Waals surface area contributed by atoms with Gasteiger partial charge in [0.1, 0.15) is 11.6 Å². The normalized spacial score (nSPS) is 74.3. The van der Waals surface area contributed by atoms with Crippen molar-refractivity contribution in [2.45, 2.75) is 50.7 Å². The van der Waals surface area contributed by atoms with Crippen molar-refractivity contribution in [1.82, 2.24) is 0 Å². The number of carbonyl (C=O) groups is 2. The Balaban J connectivity index is 1.27. The first-order chi connectivity index (χ1) is 13.3. The number of hydrogen-bond acceptors (Lipinski definition) is 4. The fourth-order valence-electron chi connectivity index (χ4n) is 12.2. The number of fused-ring (bicyclic) bond motifs is 4. The topological polar surface area (TPSA) is 74.6 Å². The Labute approximate surface area is 165 Å². The van der Waals surface area contributed by atoms with Gasteiger partial charge in [0.2, 0.25) is 0 Å². The zero-order valence-electron chi connectivity index (χ0n) is 16.6. The molecule has 0 spiro atoms. The summed E-state index contributed by atoms with van der Waals surface area (Å²) in [4.78, 5) is 26.2. The Kier molecular flexibility index (Phi) is 2.39. The Morgan fingerprint density at radius 2 is 1.07 bits per heavy atom. The number of aliphatic hydroxyl groups is 2. The van der Waals surface area contributed by atoms with Crippen LogP contribution in [0.2, 0.25) is 0 Å². The predicted octanol–water partition coefficient (Wildman–Crippen LogP) is 1.92. The average Bonchev–Trinajstić information content (AvgIpc) is 3.45. The molecule has 4 nitrogen and oxygen atoms in total. The van der Waals surface area contributed by atoms with E-state index < -0.39 is 11.2 Å². The van der Waals surface area contributed by atoms with Gasteiger partial charge in [0.05, 0.1) is 11.2 Å². The minimum atomic E-state index is -1.15. The van der Waals surface area contributed by atoms with Crippen molar-refractivity contribution in [3.63, 3.8) is 0 Å². The van der Waals surface area contributed by atoms with Gasteiger partial charge in [-0.15, -0.1) is 0 Å². The van der Waals surface area contributed by atoms with E-state index in [0.717, 1.165) is 12.8 Å².